The lowest BCUT2D eigenvalue weighted by atomic mass is 10.0. The first kappa shape index (κ1) is 23.1. The summed E-state index contributed by atoms with van der Waals surface area (Å²) in [6, 6.07) is 8.44. The van der Waals surface area contributed by atoms with E-state index in [1.165, 1.54) is 18.3 Å². The number of benzene rings is 2. The summed E-state index contributed by atoms with van der Waals surface area (Å²) in [5, 5.41) is 15.4. The largest absolute Gasteiger partial charge is 0.383 e. The Bertz CT molecular complexity index is 1170. The first-order valence-corrected chi connectivity index (χ1v) is 9.86. The van der Waals surface area contributed by atoms with E-state index in [-0.39, 0.29) is 33.6 Å². The third-order valence-corrected chi connectivity index (χ3v) is 4.81. The highest BCUT2D eigenvalue weighted by atomic mass is 35.5. The van der Waals surface area contributed by atoms with E-state index < -0.39 is 23.6 Å². The van der Waals surface area contributed by atoms with E-state index in [0.717, 1.165) is 12.1 Å². The van der Waals surface area contributed by atoms with E-state index in [9.17, 15) is 23.5 Å². The number of nitrogens with zero attached hydrogens (tertiary/aromatic N) is 1. The maximum Gasteiger partial charge on any atom is 0.257 e. The monoisotopic (exact) mass is 460 g/mol. The predicted octanol–water partition coefficient (Wildman–Crippen LogP) is 3.68. The Morgan fingerprint density at radius 3 is 2.47 bits per heavy atom. The fourth-order valence-corrected chi connectivity index (χ4v) is 3.27. The lowest BCUT2D eigenvalue weighted by molar-refractivity contribution is -0.124. The van der Waals surface area contributed by atoms with Crippen LogP contribution < -0.4 is 16.4 Å². The van der Waals surface area contributed by atoms with Crippen LogP contribution in [0.1, 0.15) is 28.9 Å². The molecular formula is C22H19ClF2N4O3. The highest BCUT2D eigenvalue weighted by Gasteiger charge is 2.20. The van der Waals surface area contributed by atoms with Crippen molar-refractivity contribution < 1.29 is 23.5 Å². The van der Waals surface area contributed by atoms with Gasteiger partial charge in [-0.2, -0.15) is 0 Å². The number of hydrogen-bond acceptors (Lipinski definition) is 5. The average Bonchev–Trinajstić information content (AvgIpc) is 2.73. The zero-order valence-corrected chi connectivity index (χ0v) is 17.6. The molecule has 3 aromatic rings. The molecule has 2 aromatic carbocycles. The molecule has 5 N–H and O–H groups in total. The van der Waals surface area contributed by atoms with Crippen molar-refractivity contribution in [1.82, 2.24) is 10.3 Å². The number of aliphatic hydroxyl groups is 1. The lowest BCUT2D eigenvalue weighted by Crippen LogP contribution is -2.24. The zero-order chi connectivity index (χ0) is 23.4. The number of halogens is 3. The molecule has 2 amide bonds. The smallest absolute Gasteiger partial charge is 0.257 e. The molecule has 166 valence electrons. The molecule has 0 spiro atoms. The minimum absolute atomic E-state index is 0.0717. The van der Waals surface area contributed by atoms with E-state index >= 15 is 0 Å². The number of hydrogen-bond donors (Lipinski definition) is 4. The van der Waals surface area contributed by atoms with Crippen molar-refractivity contribution in [1.29, 1.82) is 0 Å². The number of carbonyl (C=O) groups excluding carboxylic acids is 2. The standard InChI is InChI=1S/C22H19ClF2N4O3/c1-2-27-21(31)17-7-12(10-28-20(17)26)16-4-3-15(9-18(16)23)29-22(32)19(30)11-5-13(24)8-14(25)6-11/h3-10,19,30H,2H2,1H3,(H2,26,28)(H,27,31)(H,29,32). The van der Waals surface area contributed by atoms with Gasteiger partial charge in [0.2, 0.25) is 0 Å². The van der Waals surface area contributed by atoms with E-state index in [4.69, 9.17) is 17.3 Å². The number of aliphatic hydroxyl groups excluding tert-OH is 1. The quantitative estimate of drug-likeness (QED) is 0.447. The second kappa shape index (κ2) is 9.71. The van der Waals surface area contributed by atoms with Gasteiger partial charge in [-0.1, -0.05) is 17.7 Å². The lowest BCUT2D eigenvalue weighted by Gasteiger charge is -2.14. The van der Waals surface area contributed by atoms with Gasteiger partial charge in [0.25, 0.3) is 11.8 Å². The van der Waals surface area contributed by atoms with Crippen LogP contribution in [-0.4, -0.2) is 28.4 Å². The van der Waals surface area contributed by atoms with E-state index in [2.05, 4.69) is 15.6 Å². The Labute approximate surface area is 187 Å². The second-order valence-corrected chi connectivity index (χ2v) is 7.21. The SMILES string of the molecule is CCNC(=O)c1cc(-c2ccc(NC(=O)C(O)c3cc(F)cc(F)c3)cc2Cl)cnc1N. The number of carbonyl (C=O) groups is 2. The minimum Gasteiger partial charge on any atom is -0.383 e. The van der Waals surface area contributed by atoms with Crippen LogP contribution in [-0.2, 0) is 4.79 Å². The number of amides is 2. The summed E-state index contributed by atoms with van der Waals surface area (Å²) in [4.78, 5) is 28.5. The molecule has 1 heterocycles. The van der Waals surface area contributed by atoms with Crippen LogP contribution in [0, 0.1) is 11.6 Å². The minimum atomic E-state index is -1.79. The van der Waals surface area contributed by atoms with Gasteiger partial charge in [0.15, 0.2) is 6.10 Å². The average molecular weight is 461 g/mol. The van der Waals surface area contributed by atoms with E-state index in [1.807, 2.05) is 0 Å². The predicted molar refractivity (Wildman–Crippen MR) is 117 cm³/mol. The van der Waals surface area contributed by atoms with Crippen LogP contribution in [0.4, 0.5) is 20.3 Å². The van der Waals surface area contributed by atoms with Crippen LogP contribution in [0.5, 0.6) is 0 Å². The van der Waals surface area contributed by atoms with Gasteiger partial charge in [-0.15, -0.1) is 0 Å². The molecule has 1 atom stereocenters. The number of nitrogens with one attached hydrogen (secondary N) is 2. The number of nitrogen functional groups attached to an aromatic ring is 1. The zero-order valence-electron chi connectivity index (χ0n) is 16.8. The Morgan fingerprint density at radius 1 is 1.16 bits per heavy atom. The molecule has 0 aliphatic rings. The van der Waals surface area contributed by atoms with Crippen LogP contribution in [0.25, 0.3) is 11.1 Å². The van der Waals surface area contributed by atoms with Gasteiger partial charge in [-0.25, -0.2) is 13.8 Å². The summed E-state index contributed by atoms with van der Waals surface area (Å²) in [5.74, 6) is -3.03. The van der Waals surface area contributed by atoms with E-state index in [0.29, 0.717) is 23.7 Å². The van der Waals surface area contributed by atoms with Gasteiger partial charge in [0.05, 0.1) is 10.6 Å². The molecule has 0 aliphatic carbocycles. The third-order valence-electron chi connectivity index (χ3n) is 4.50. The van der Waals surface area contributed by atoms with Crippen molar-refractivity contribution in [3.8, 4) is 11.1 Å². The number of aromatic nitrogens is 1. The summed E-state index contributed by atoms with van der Waals surface area (Å²) in [7, 11) is 0. The van der Waals surface area contributed by atoms with Crippen LogP contribution in [0.2, 0.25) is 5.02 Å². The Morgan fingerprint density at radius 2 is 1.84 bits per heavy atom. The third kappa shape index (κ3) is 5.19. The van der Waals surface area contributed by atoms with Gasteiger partial charge in [0, 0.05) is 35.6 Å². The maximum absolute atomic E-state index is 13.3. The molecule has 0 bridgehead atoms. The van der Waals surface area contributed by atoms with Crippen molar-refractivity contribution in [2.24, 2.45) is 0 Å². The van der Waals surface area contributed by atoms with Crippen molar-refractivity contribution >= 4 is 34.9 Å². The van der Waals surface area contributed by atoms with Crippen molar-refractivity contribution in [2.45, 2.75) is 13.0 Å². The highest BCUT2D eigenvalue weighted by Crippen LogP contribution is 2.32. The number of anilines is 2. The molecular weight excluding hydrogens is 442 g/mol. The first-order valence-electron chi connectivity index (χ1n) is 9.48. The second-order valence-electron chi connectivity index (χ2n) is 6.81. The maximum atomic E-state index is 13.3. The molecule has 0 saturated carbocycles. The molecule has 0 saturated heterocycles. The highest BCUT2D eigenvalue weighted by molar-refractivity contribution is 6.33. The molecule has 0 fully saturated rings. The summed E-state index contributed by atoms with van der Waals surface area (Å²) in [5.41, 5.74) is 7.05. The van der Waals surface area contributed by atoms with Crippen LogP contribution in [0.3, 0.4) is 0 Å². The van der Waals surface area contributed by atoms with Crippen LogP contribution in [0.15, 0.2) is 48.7 Å². The summed E-state index contributed by atoms with van der Waals surface area (Å²) in [6.45, 7) is 2.20. The molecule has 0 radical (unpaired) electrons. The Balaban J connectivity index is 1.82. The van der Waals surface area contributed by atoms with Gasteiger partial charge in [0.1, 0.15) is 17.5 Å². The normalized spacial score (nSPS) is 11.7. The first-order chi connectivity index (χ1) is 15.2. The summed E-state index contributed by atoms with van der Waals surface area (Å²) >= 11 is 6.35. The van der Waals surface area contributed by atoms with Gasteiger partial charge < -0.3 is 21.5 Å². The summed E-state index contributed by atoms with van der Waals surface area (Å²) < 4.78 is 26.7. The van der Waals surface area contributed by atoms with Gasteiger partial charge in [-0.05, 0) is 42.8 Å². The fourth-order valence-electron chi connectivity index (χ4n) is 2.98. The molecule has 1 unspecified atom stereocenters. The fraction of sp³-hybridized carbons (Fsp3) is 0.136. The Hall–Kier alpha value is -3.56. The van der Waals surface area contributed by atoms with Crippen molar-refractivity contribution in [3.63, 3.8) is 0 Å². The number of pyridine rings is 1. The molecule has 10 heteroatoms. The molecule has 3 rings (SSSR count). The summed E-state index contributed by atoms with van der Waals surface area (Å²) in [6.07, 6.45) is -0.334. The van der Waals surface area contributed by atoms with Crippen molar-refractivity contribution in [3.05, 3.63) is 76.4 Å². The Kier molecular flexibility index (Phi) is 7.01. The van der Waals surface area contributed by atoms with Gasteiger partial charge in [-0.3, -0.25) is 9.59 Å². The van der Waals surface area contributed by atoms with Gasteiger partial charge >= 0.3 is 0 Å². The molecule has 0 aliphatic heterocycles. The number of nitrogens with two attached hydrogens (primary N) is 1. The molecule has 7 nitrogen and oxygen atoms in total. The molecule has 32 heavy (non-hydrogen) atoms. The molecule has 1 aromatic heterocycles. The topological polar surface area (TPSA) is 117 Å². The number of rotatable bonds is 6. The van der Waals surface area contributed by atoms with E-state index in [1.54, 1.807) is 19.1 Å². The van der Waals surface area contributed by atoms with Crippen molar-refractivity contribution in [2.75, 3.05) is 17.6 Å². The van der Waals surface area contributed by atoms with Crippen LogP contribution >= 0.6 is 11.6 Å².